The molecule has 10 aromatic rings. The van der Waals surface area contributed by atoms with Crippen LogP contribution in [0.1, 0.15) is 0 Å². The topological polar surface area (TPSA) is 4.93 Å². The zero-order chi connectivity index (χ0) is 27.4. The molecule has 2 aromatic heterocycles. The van der Waals surface area contributed by atoms with Crippen LogP contribution >= 0.6 is 11.3 Å². The molecule has 0 aliphatic rings. The summed E-state index contributed by atoms with van der Waals surface area (Å²) in [6.07, 6.45) is 0. The number of hydrogen-bond acceptors (Lipinski definition) is 1. The van der Waals surface area contributed by atoms with E-state index in [1.807, 2.05) is 11.3 Å². The molecule has 0 fully saturated rings. The number of rotatable bonds is 1. The van der Waals surface area contributed by atoms with E-state index in [4.69, 9.17) is 0 Å². The molecule has 1 nitrogen and oxygen atoms in total. The smallest absolute Gasteiger partial charge is 0.0555 e. The normalized spacial score (nSPS) is 12.3. The maximum atomic E-state index is 2.47. The van der Waals surface area contributed by atoms with Crippen LogP contribution in [0.15, 0.2) is 140 Å². The van der Waals surface area contributed by atoms with E-state index >= 15 is 0 Å². The van der Waals surface area contributed by atoms with Crippen LogP contribution in [0.5, 0.6) is 0 Å². The largest absolute Gasteiger partial charge is 0.309 e. The quantitative estimate of drug-likeness (QED) is 0.179. The number of hydrogen-bond donors (Lipinski definition) is 0. The van der Waals surface area contributed by atoms with E-state index in [1.165, 1.54) is 90.8 Å². The Morgan fingerprint density at radius 1 is 0.357 bits per heavy atom. The van der Waals surface area contributed by atoms with Crippen molar-refractivity contribution in [3.05, 3.63) is 140 Å². The van der Waals surface area contributed by atoms with Crippen LogP contribution in [0.3, 0.4) is 0 Å². The van der Waals surface area contributed by atoms with Gasteiger partial charge in [-0.1, -0.05) is 103 Å². The van der Waals surface area contributed by atoms with Gasteiger partial charge in [0.25, 0.3) is 0 Å². The summed E-state index contributed by atoms with van der Waals surface area (Å²) in [4.78, 5) is 0. The number of thiophene rings is 1. The molecule has 0 amide bonds. The highest BCUT2D eigenvalue weighted by molar-refractivity contribution is 7.26. The van der Waals surface area contributed by atoms with E-state index in [2.05, 4.69) is 144 Å². The minimum absolute atomic E-state index is 1.19. The Kier molecular flexibility index (Phi) is 4.39. The van der Waals surface area contributed by atoms with Gasteiger partial charge >= 0.3 is 0 Å². The first-order valence-electron chi connectivity index (χ1n) is 14.4. The van der Waals surface area contributed by atoms with E-state index in [-0.39, 0.29) is 0 Å². The lowest BCUT2D eigenvalue weighted by molar-refractivity contribution is 1.18. The van der Waals surface area contributed by atoms with Crippen LogP contribution in [-0.4, -0.2) is 4.57 Å². The fourth-order valence-electron chi connectivity index (χ4n) is 7.40. The van der Waals surface area contributed by atoms with Gasteiger partial charge in [0.15, 0.2) is 0 Å². The van der Waals surface area contributed by atoms with Crippen LogP contribution in [0.2, 0.25) is 0 Å². The lowest BCUT2D eigenvalue weighted by atomic mass is 9.89. The number of benzene rings is 8. The zero-order valence-corrected chi connectivity index (χ0v) is 23.5. The molecule has 10 rings (SSSR count). The molecule has 0 atom stereocenters. The summed E-state index contributed by atoms with van der Waals surface area (Å²) in [6.45, 7) is 0. The van der Waals surface area contributed by atoms with Crippen molar-refractivity contribution in [3.8, 4) is 5.69 Å². The molecule has 0 unspecified atom stereocenters. The van der Waals surface area contributed by atoms with E-state index in [0.29, 0.717) is 0 Å². The highest BCUT2D eigenvalue weighted by atomic mass is 32.1. The van der Waals surface area contributed by atoms with Crippen molar-refractivity contribution >= 4 is 96.4 Å². The Bertz CT molecular complexity index is 2730. The summed E-state index contributed by atoms with van der Waals surface area (Å²) in [6, 6.07) is 51.6. The van der Waals surface area contributed by atoms with Gasteiger partial charge in [0.2, 0.25) is 0 Å². The third kappa shape index (κ3) is 2.87. The highest BCUT2D eigenvalue weighted by Gasteiger charge is 2.19. The molecule has 2 heteroatoms. The van der Waals surface area contributed by atoms with Gasteiger partial charge in [0.1, 0.15) is 0 Å². The van der Waals surface area contributed by atoms with E-state index in [0.717, 1.165) is 0 Å². The molecule has 0 bridgehead atoms. The highest BCUT2D eigenvalue weighted by Crippen LogP contribution is 2.47. The molecule has 8 aromatic carbocycles. The Morgan fingerprint density at radius 2 is 1.05 bits per heavy atom. The predicted molar refractivity (Wildman–Crippen MR) is 184 cm³/mol. The molecule has 0 aliphatic carbocycles. The summed E-state index contributed by atoms with van der Waals surface area (Å²) in [5.74, 6) is 0. The molecule has 2 heterocycles. The summed E-state index contributed by atoms with van der Waals surface area (Å²) in [5, 5.41) is 15.9. The number of fused-ring (bicyclic) bond motifs is 15. The number of aromatic nitrogens is 1. The van der Waals surface area contributed by atoms with Gasteiger partial charge in [-0.2, -0.15) is 0 Å². The maximum Gasteiger partial charge on any atom is 0.0555 e. The second kappa shape index (κ2) is 8.19. The van der Waals surface area contributed by atoms with Crippen molar-refractivity contribution in [2.45, 2.75) is 0 Å². The molecule has 0 saturated heterocycles. The Morgan fingerprint density at radius 3 is 1.93 bits per heavy atom. The van der Waals surface area contributed by atoms with Crippen LogP contribution in [0.25, 0.3) is 90.8 Å². The van der Waals surface area contributed by atoms with E-state index < -0.39 is 0 Å². The van der Waals surface area contributed by atoms with Crippen molar-refractivity contribution in [2.24, 2.45) is 0 Å². The van der Waals surface area contributed by atoms with Crippen molar-refractivity contribution in [1.29, 1.82) is 0 Å². The van der Waals surface area contributed by atoms with Crippen molar-refractivity contribution in [1.82, 2.24) is 4.57 Å². The summed E-state index contributed by atoms with van der Waals surface area (Å²) in [7, 11) is 0. The summed E-state index contributed by atoms with van der Waals surface area (Å²) >= 11 is 1.91. The number of para-hydroxylation sites is 2. The molecule has 0 N–H and O–H groups in total. The van der Waals surface area contributed by atoms with Gasteiger partial charge in [-0.25, -0.2) is 0 Å². The molecule has 194 valence electrons. The van der Waals surface area contributed by atoms with Crippen LogP contribution in [-0.2, 0) is 0 Å². The number of nitrogens with zero attached hydrogens (tertiary/aromatic N) is 1. The molecular formula is C40H23NS. The first kappa shape index (κ1) is 22.5. The van der Waals surface area contributed by atoms with Crippen LogP contribution in [0.4, 0.5) is 0 Å². The lowest BCUT2D eigenvalue weighted by Crippen LogP contribution is -1.92. The van der Waals surface area contributed by atoms with Gasteiger partial charge < -0.3 is 4.57 Å². The molecule has 0 aliphatic heterocycles. The Hall–Kier alpha value is -5.18. The lowest BCUT2D eigenvalue weighted by Gasteiger charge is -2.14. The minimum Gasteiger partial charge on any atom is -0.309 e. The van der Waals surface area contributed by atoms with Gasteiger partial charge in [0.05, 0.1) is 11.0 Å². The summed E-state index contributed by atoms with van der Waals surface area (Å²) < 4.78 is 5.08. The van der Waals surface area contributed by atoms with Gasteiger partial charge in [0, 0.05) is 36.6 Å². The first-order valence-corrected chi connectivity index (χ1v) is 15.3. The van der Waals surface area contributed by atoms with Gasteiger partial charge in [-0.05, 0) is 79.5 Å². The Labute approximate surface area is 245 Å². The molecule has 0 radical (unpaired) electrons. The third-order valence-corrected chi connectivity index (χ3v) is 10.2. The maximum absolute atomic E-state index is 2.47. The standard InChI is InChI=1S/C40H23NS/c1-2-11-25(12-3-1)41-34-17-9-8-15-28(34)32-22-33-37(23-35(32)41)42-36-21-20-30-27-14-6-7-16-29(27)38-26-13-5-4-10-24(26)18-19-31(38)39(30)40(33)36/h1-23H. The molecule has 0 spiro atoms. The van der Waals surface area contributed by atoms with Crippen molar-refractivity contribution in [3.63, 3.8) is 0 Å². The molecule has 42 heavy (non-hydrogen) atoms. The Balaban J connectivity index is 1.44. The van der Waals surface area contributed by atoms with Crippen LogP contribution in [0, 0.1) is 0 Å². The SMILES string of the molecule is c1ccc(-n2c3ccccc3c3cc4c(cc32)sc2ccc3c5ccccc5c5c6ccccc6ccc5c3c24)cc1. The second-order valence-electron chi connectivity index (χ2n) is 11.3. The third-order valence-electron chi connectivity index (χ3n) is 9.13. The van der Waals surface area contributed by atoms with E-state index in [9.17, 15) is 0 Å². The first-order chi connectivity index (χ1) is 20.8. The minimum atomic E-state index is 1.19. The van der Waals surface area contributed by atoms with Crippen molar-refractivity contribution in [2.75, 3.05) is 0 Å². The fraction of sp³-hybridized carbons (Fsp3) is 0. The molecular weight excluding hydrogens is 527 g/mol. The van der Waals surface area contributed by atoms with Gasteiger partial charge in [-0.3, -0.25) is 0 Å². The van der Waals surface area contributed by atoms with Crippen LogP contribution < -0.4 is 0 Å². The van der Waals surface area contributed by atoms with Gasteiger partial charge in [-0.15, -0.1) is 11.3 Å². The zero-order valence-electron chi connectivity index (χ0n) is 22.6. The average molecular weight is 550 g/mol. The van der Waals surface area contributed by atoms with Crippen molar-refractivity contribution < 1.29 is 0 Å². The second-order valence-corrected chi connectivity index (χ2v) is 12.4. The monoisotopic (exact) mass is 549 g/mol. The summed E-state index contributed by atoms with van der Waals surface area (Å²) in [5.41, 5.74) is 3.69. The average Bonchev–Trinajstić information content (AvgIpc) is 3.58. The fourth-order valence-corrected chi connectivity index (χ4v) is 8.52. The molecule has 0 saturated carbocycles. The van der Waals surface area contributed by atoms with E-state index in [1.54, 1.807) is 0 Å². The predicted octanol–water partition coefficient (Wildman–Crippen LogP) is 11.8.